The lowest BCUT2D eigenvalue weighted by Crippen LogP contribution is -2.21. The Labute approximate surface area is 102 Å². The average molecular weight is 286 g/mol. The van der Waals surface area contributed by atoms with Crippen LogP contribution in [0.3, 0.4) is 0 Å². The second-order valence-corrected chi connectivity index (χ2v) is 4.73. The van der Waals surface area contributed by atoms with E-state index >= 15 is 0 Å². The Balaban J connectivity index is 2.30. The van der Waals surface area contributed by atoms with E-state index in [4.69, 9.17) is 15.6 Å². The lowest BCUT2D eigenvalue weighted by atomic mass is 10.1. The molecule has 1 unspecified atom stereocenters. The van der Waals surface area contributed by atoms with Crippen LogP contribution in [0.1, 0.15) is 24.4 Å². The van der Waals surface area contributed by atoms with Crippen LogP contribution in [0.5, 0.6) is 5.75 Å². The van der Waals surface area contributed by atoms with E-state index in [2.05, 4.69) is 15.9 Å². The number of aliphatic carboxylic acids is 1. The highest BCUT2D eigenvalue weighted by molar-refractivity contribution is 9.10. The summed E-state index contributed by atoms with van der Waals surface area (Å²) in [5, 5.41) is 8.90. The van der Waals surface area contributed by atoms with Crippen LogP contribution in [0, 0.1) is 0 Å². The van der Waals surface area contributed by atoms with Crippen LogP contribution in [-0.4, -0.2) is 17.2 Å². The van der Waals surface area contributed by atoms with Crippen molar-refractivity contribution in [3.8, 4) is 5.75 Å². The quantitative estimate of drug-likeness (QED) is 0.888. The molecule has 1 saturated carbocycles. The topological polar surface area (TPSA) is 72.6 Å². The molecule has 0 heterocycles. The number of nitrogens with two attached hydrogens (primary N) is 1. The highest BCUT2D eigenvalue weighted by Gasteiger charge is 2.27. The lowest BCUT2D eigenvalue weighted by Gasteiger charge is -2.14. The summed E-state index contributed by atoms with van der Waals surface area (Å²) < 4.78 is 6.41. The Morgan fingerprint density at radius 2 is 2.25 bits per heavy atom. The molecule has 0 radical (unpaired) electrons. The first kappa shape index (κ1) is 11.4. The Morgan fingerprint density at radius 3 is 2.81 bits per heavy atom. The minimum atomic E-state index is -1.06. The molecule has 2 rings (SSSR count). The van der Waals surface area contributed by atoms with E-state index in [0.29, 0.717) is 11.3 Å². The summed E-state index contributed by atoms with van der Waals surface area (Å²) in [4.78, 5) is 10.9. The van der Waals surface area contributed by atoms with Gasteiger partial charge in [0.05, 0.1) is 6.10 Å². The number of halogens is 1. The Bertz CT molecular complexity index is 418. The fraction of sp³-hybridized carbons (Fsp3) is 0.364. The first-order valence-corrected chi connectivity index (χ1v) is 5.81. The van der Waals surface area contributed by atoms with Gasteiger partial charge >= 0.3 is 5.97 Å². The number of ether oxygens (including phenoxy) is 1. The summed E-state index contributed by atoms with van der Waals surface area (Å²) in [6.45, 7) is 0. The molecule has 4 nitrogen and oxygen atoms in total. The molecule has 1 aliphatic rings. The molecular formula is C11H12BrNO3. The van der Waals surface area contributed by atoms with Crippen molar-refractivity contribution in [2.45, 2.75) is 25.0 Å². The van der Waals surface area contributed by atoms with Crippen LogP contribution in [0.4, 0.5) is 0 Å². The number of carboxylic acids is 1. The minimum Gasteiger partial charge on any atom is -0.490 e. The third-order valence-electron chi connectivity index (χ3n) is 2.39. The van der Waals surface area contributed by atoms with E-state index in [-0.39, 0.29) is 6.10 Å². The van der Waals surface area contributed by atoms with Crippen molar-refractivity contribution in [2.24, 2.45) is 5.73 Å². The maximum atomic E-state index is 10.9. The molecule has 0 amide bonds. The summed E-state index contributed by atoms with van der Waals surface area (Å²) in [6.07, 6.45) is 2.27. The molecule has 0 aromatic heterocycles. The van der Waals surface area contributed by atoms with Crippen LogP contribution in [-0.2, 0) is 4.79 Å². The van der Waals surface area contributed by atoms with Crippen molar-refractivity contribution in [3.63, 3.8) is 0 Å². The first-order valence-electron chi connectivity index (χ1n) is 5.02. The van der Waals surface area contributed by atoms with Crippen molar-refractivity contribution in [2.75, 3.05) is 0 Å². The zero-order valence-electron chi connectivity index (χ0n) is 8.52. The SMILES string of the molecule is NC(C(=O)O)c1cc(Br)ccc1OC1CC1. The van der Waals surface area contributed by atoms with Crippen molar-refractivity contribution in [1.82, 2.24) is 0 Å². The largest absolute Gasteiger partial charge is 0.490 e. The summed E-state index contributed by atoms with van der Waals surface area (Å²) in [7, 11) is 0. The van der Waals surface area contributed by atoms with E-state index in [1.165, 1.54) is 0 Å². The van der Waals surface area contributed by atoms with Crippen LogP contribution in [0.25, 0.3) is 0 Å². The first-order chi connectivity index (χ1) is 7.58. The van der Waals surface area contributed by atoms with Gasteiger partial charge in [0.2, 0.25) is 0 Å². The van der Waals surface area contributed by atoms with E-state index < -0.39 is 12.0 Å². The fourth-order valence-corrected chi connectivity index (χ4v) is 1.75. The summed E-state index contributed by atoms with van der Waals surface area (Å²) in [6, 6.07) is 4.21. The van der Waals surface area contributed by atoms with Gasteiger partial charge < -0.3 is 15.6 Å². The highest BCUT2D eigenvalue weighted by atomic mass is 79.9. The fourth-order valence-electron chi connectivity index (χ4n) is 1.37. The summed E-state index contributed by atoms with van der Waals surface area (Å²) >= 11 is 3.29. The van der Waals surface area contributed by atoms with E-state index in [9.17, 15) is 4.79 Å². The van der Waals surface area contributed by atoms with Gasteiger partial charge in [0, 0.05) is 10.0 Å². The van der Waals surface area contributed by atoms with Gasteiger partial charge in [0.1, 0.15) is 11.8 Å². The number of carboxylic acid groups (broad SMARTS) is 1. The summed E-state index contributed by atoms with van der Waals surface area (Å²) in [5.41, 5.74) is 6.11. The molecule has 1 aliphatic carbocycles. The van der Waals surface area contributed by atoms with Crippen molar-refractivity contribution in [3.05, 3.63) is 28.2 Å². The Morgan fingerprint density at radius 1 is 1.56 bits per heavy atom. The molecule has 0 bridgehead atoms. The van der Waals surface area contributed by atoms with Gasteiger partial charge in [-0.25, -0.2) is 0 Å². The number of benzene rings is 1. The Hall–Kier alpha value is -1.07. The zero-order valence-corrected chi connectivity index (χ0v) is 10.1. The molecular weight excluding hydrogens is 274 g/mol. The van der Waals surface area contributed by atoms with Crippen molar-refractivity contribution < 1.29 is 14.6 Å². The van der Waals surface area contributed by atoms with Crippen molar-refractivity contribution in [1.29, 1.82) is 0 Å². The number of rotatable bonds is 4. The maximum Gasteiger partial charge on any atom is 0.325 e. The molecule has 0 saturated heterocycles. The van der Waals surface area contributed by atoms with Crippen LogP contribution < -0.4 is 10.5 Å². The van der Waals surface area contributed by atoms with Gasteiger partial charge in [-0.05, 0) is 31.0 Å². The average Bonchev–Trinajstić information content (AvgIpc) is 3.03. The molecule has 1 fully saturated rings. The number of carbonyl (C=O) groups is 1. The van der Waals surface area contributed by atoms with Gasteiger partial charge in [-0.1, -0.05) is 15.9 Å². The normalized spacial score (nSPS) is 16.9. The third kappa shape index (κ3) is 2.54. The molecule has 0 aliphatic heterocycles. The molecule has 3 N–H and O–H groups in total. The predicted octanol–water partition coefficient (Wildman–Crippen LogP) is 2.07. The lowest BCUT2D eigenvalue weighted by molar-refractivity contribution is -0.138. The Kier molecular flexibility index (Phi) is 3.16. The van der Waals surface area contributed by atoms with Gasteiger partial charge in [-0.3, -0.25) is 4.79 Å². The molecule has 1 aromatic rings. The minimum absolute atomic E-state index is 0.223. The highest BCUT2D eigenvalue weighted by Crippen LogP contribution is 2.33. The van der Waals surface area contributed by atoms with Crippen molar-refractivity contribution >= 4 is 21.9 Å². The van der Waals surface area contributed by atoms with Gasteiger partial charge in [-0.15, -0.1) is 0 Å². The second kappa shape index (κ2) is 4.43. The van der Waals surface area contributed by atoms with E-state index in [1.54, 1.807) is 12.1 Å². The molecule has 86 valence electrons. The standard InChI is InChI=1S/C11H12BrNO3/c12-6-1-4-9(16-7-2-3-7)8(5-6)10(13)11(14)15/h1,4-5,7,10H,2-3,13H2,(H,14,15). The zero-order chi connectivity index (χ0) is 11.7. The maximum absolute atomic E-state index is 10.9. The molecule has 0 spiro atoms. The van der Waals surface area contributed by atoms with Crippen LogP contribution in [0.15, 0.2) is 22.7 Å². The van der Waals surface area contributed by atoms with Crippen LogP contribution >= 0.6 is 15.9 Å². The molecule has 16 heavy (non-hydrogen) atoms. The van der Waals surface area contributed by atoms with Gasteiger partial charge in [-0.2, -0.15) is 0 Å². The number of hydrogen-bond acceptors (Lipinski definition) is 3. The third-order valence-corrected chi connectivity index (χ3v) is 2.88. The second-order valence-electron chi connectivity index (χ2n) is 3.82. The number of hydrogen-bond donors (Lipinski definition) is 2. The van der Waals surface area contributed by atoms with Gasteiger partial charge in [0.25, 0.3) is 0 Å². The van der Waals surface area contributed by atoms with Gasteiger partial charge in [0.15, 0.2) is 0 Å². The molecule has 1 aromatic carbocycles. The molecule has 1 atom stereocenters. The smallest absolute Gasteiger partial charge is 0.325 e. The van der Waals surface area contributed by atoms with E-state index in [1.807, 2.05) is 6.07 Å². The molecule has 5 heteroatoms. The monoisotopic (exact) mass is 285 g/mol. The van der Waals surface area contributed by atoms with Crippen LogP contribution in [0.2, 0.25) is 0 Å². The summed E-state index contributed by atoms with van der Waals surface area (Å²) in [5.74, 6) is -0.487. The predicted molar refractivity (Wildman–Crippen MR) is 62.4 cm³/mol. The van der Waals surface area contributed by atoms with E-state index in [0.717, 1.165) is 17.3 Å².